The van der Waals surface area contributed by atoms with Gasteiger partial charge in [0.25, 0.3) is 0 Å². The third kappa shape index (κ3) is 2.71. The van der Waals surface area contributed by atoms with Crippen LogP contribution in [0.15, 0.2) is 72.1 Å². The largest absolute Gasteiger partial charge is 0.469 e. The maximum Gasteiger partial charge on any atom is 0.243 e. The Morgan fingerprint density at radius 3 is 2.48 bits per heavy atom. The standard InChI is InChI=1S/C20H17NO3S/c1-13-7-10-16(11-8-13)25(22,23)21-20-14(2)17-12-9-15-5-3-4-6-18(15)19(17)24-20/h3-12,20-21H,2H2,1H3. The second-order valence-electron chi connectivity index (χ2n) is 6.12. The zero-order chi connectivity index (χ0) is 17.6. The molecule has 3 aromatic rings. The Morgan fingerprint density at radius 2 is 1.72 bits per heavy atom. The Balaban J connectivity index is 1.68. The van der Waals surface area contributed by atoms with Crippen LogP contribution in [0.4, 0.5) is 0 Å². The Labute approximate surface area is 146 Å². The van der Waals surface area contributed by atoms with Gasteiger partial charge in [-0.05, 0) is 24.4 Å². The minimum Gasteiger partial charge on any atom is -0.469 e. The van der Waals surface area contributed by atoms with Crippen LogP contribution in [0, 0.1) is 6.92 Å². The molecule has 1 aliphatic rings. The summed E-state index contributed by atoms with van der Waals surface area (Å²) in [6.45, 7) is 5.93. The molecule has 4 rings (SSSR count). The molecule has 0 fully saturated rings. The number of nitrogens with one attached hydrogen (secondary N) is 1. The summed E-state index contributed by atoms with van der Waals surface area (Å²) in [7, 11) is -3.70. The number of aryl methyl sites for hydroxylation is 1. The maximum atomic E-state index is 12.6. The Bertz CT molecular complexity index is 1090. The average molecular weight is 351 g/mol. The van der Waals surface area contributed by atoms with Gasteiger partial charge in [-0.1, -0.05) is 60.7 Å². The molecule has 0 amide bonds. The lowest BCUT2D eigenvalue weighted by molar-refractivity contribution is 0.268. The third-order valence-corrected chi connectivity index (χ3v) is 5.79. The van der Waals surface area contributed by atoms with Crippen molar-refractivity contribution in [1.29, 1.82) is 0 Å². The summed E-state index contributed by atoms with van der Waals surface area (Å²) in [4.78, 5) is 0.204. The van der Waals surface area contributed by atoms with E-state index in [2.05, 4.69) is 11.3 Å². The van der Waals surface area contributed by atoms with E-state index in [1.165, 1.54) is 0 Å². The molecule has 5 heteroatoms. The summed E-state index contributed by atoms with van der Waals surface area (Å²) in [6, 6.07) is 18.4. The molecule has 25 heavy (non-hydrogen) atoms. The van der Waals surface area contributed by atoms with E-state index < -0.39 is 16.3 Å². The molecule has 0 spiro atoms. The minimum atomic E-state index is -3.70. The van der Waals surface area contributed by atoms with Crippen LogP contribution < -0.4 is 9.46 Å². The van der Waals surface area contributed by atoms with Crippen LogP contribution in [-0.4, -0.2) is 14.6 Å². The second-order valence-corrected chi connectivity index (χ2v) is 7.83. The second kappa shape index (κ2) is 5.72. The van der Waals surface area contributed by atoms with Crippen molar-refractivity contribution < 1.29 is 13.2 Å². The highest BCUT2D eigenvalue weighted by atomic mass is 32.2. The van der Waals surface area contributed by atoms with E-state index in [0.717, 1.165) is 21.9 Å². The highest BCUT2D eigenvalue weighted by molar-refractivity contribution is 7.89. The summed E-state index contributed by atoms with van der Waals surface area (Å²) in [6.07, 6.45) is -0.813. The number of fused-ring (bicyclic) bond motifs is 3. The topological polar surface area (TPSA) is 55.4 Å². The van der Waals surface area contributed by atoms with Crippen LogP contribution in [0.1, 0.15) is 11.1 Å². The van der Waals surface area contributed by atoms with Gasteiger partial charge in [0.05, 0.1) is 4.90 Å². The van der Waals surface area contributed by atoms with E-state index in [-0.39, 0.29) is 4.90 Å². The van der Waals surface area contributed by atoms with E-state index >= 15 is 0 Å². The van der Waals surface area contributed by atoms with Crippen molar-refractivity contribution in [2.75, 3.05) is 0 Å². The molecule has 1 N–H and O–H groups in total. The number of rotatable bonds is 3. The molecule has 0 aliphatic carbocycles. The fourth-order valence-electron chi connectivity index (χ4n) is 2.97. The molecule has 0 saturated carbocycles. The normalized spacial score (nSPS) is 16.7. The molecule has 4 nitrogen and oxygen atoms in total. The van der Waals surface area contributed by atoms with Crippen molar-refractivity contribution in [1.82, 2.24) is 4.72 Å². The van der Waals surface area contributed by atoms with Gasteiger partial charge in [-0.25, -0.2) is 8.42 Å². The van der Waals surface area contributed by atoms with Gasteiger partial charge in [0.2, 0.25) is 10.0 Å². The summed E-state index contributed by atoms with van der Waals surface area (Å²) in [5.41, 5.74) is 2.44. The summed E-state index contributed by atoms with van der Waals surface area (Å²) in [5.74, 6) is 0.666. The van der Waals surface area contributed by atoms with Gasteiger partial charge in [0.15, 0.2) is 6.23 Å². The minimum absolute atomic E-state index is 0.204. The summed E-state index contributed by atoms with van der Waals surface area (Å²) >= 11 is 0. The van der Waals surface area contributed by atoms with Crippen LogP contribution >= 0.6 is 0 Å². The summed E-state index contributed by atoms with van der Waals surface area (Å²) in [5, 5.41) is 1.98. The summed E-state index contributed by atoms with van der Waals surface area (Å²) < 4.78 is 33.8. The fraction of sp³-hybridized carbons (Fsp3) is 0.100. The van der Waals surface area contributed by atoms with Gasteiger partial charge in [-0.15, -0.1) is 0 Å². The molecule has 0 saturated heterocycles. The van der Waals surface area contributed by atoms with Crippen LogP contribution in [-0.2, 0) is 10.0 Å². The van der Waals surface area contributed by atoms with E-state index in [4.69, 9.17) is 4.74 Å². The van der Waals surface area contributed by atoms with Crippen molar-refractivity contribution in [2.24, 2.45) is 0 Å². The molecule has 0 radical (unpaired) electrons. The molecule has 0 aromatic heterocycles. The number of benzene rings is 3. The first-order chi connectivity index (χ1) is 12.0. The lowest BCUT2D eigenvalue weighted by Crippen LogP contribution is -2.37. The number of hydrogen-bond acceptors (Lipinski definition) is 3. The smallest absolute Gasteiger partial charge is 0.243 e. The van der Waals surface area contributed by atoms with Gasteiger partial charge in [-0.3, -0.25) is 0 Å². The fourth-order valence-corrected chi connectivity index (χ4v) is 4.08. The Hall–Kier alpha value is -2.63. The average Bonchev–Trinajstić information content (AvgIpc) is 2.91. The van der Waals surface area contributed by atoms with E-state index in [1.807, 2.05) is 43.3 Å². The zero-order valence-electron chi connectivity index (χ0n) is 13.7. The number of ether oxygens (including phenoxy) is 1. The van der Waals surface area contributed by atoms with Crippen LogP contribution in [0.5, 0.6) is 5.75 Å². The molecular formula is C20H17NO3S. The van der Waals surface area contributed by atoms with E-state index in [0.29, 0.717) is 11.3 Å². The van der Waals surface area contributed by atoms with E-state index in [9.17, 15) is 8.42 Å². The Kier molecular flexibility index (Phi) is 3.63. The van der Waals surface area contributed by atoms with Crippen molar-refractivity contribution in [3.8, 4) is 5.75 Å². The van der Waals surface area contributed by atoms with Gasteiger partial charge < -0.3 is 4.74 Å². The lowest BCUT2D eigenvalue weighted by atomic mass is 10.0. The van der Waals surface area contributed by atoms with Crippen molar-refractivity contribution in [2.45, 2.75) is 18.0 Å². The Morgan fingerprint density at radius 1 is 1.00 bits per heavy atom. The van der Waals surface area contributed by atoms with Crippen molar-refractivity contribution in [3.05, 3.63) is 78.4 Å². The molecule has 3 aromatic carbocycles. The van der Waals surface area contributed by atoms with Gasteiger partial charge in [0.1, 0.15) is 5.75 Å². The maximum absolute atomic E-state index is 12.6. The molecule has 1 aliphatic heterocycles. The number of sulfonamides is 1. The quantitative estimate of drug-likeness (QED) is 0.780. The monoisotopic (exact) mass is 351 g/mol. The predicted octanol–water partition coefficient (Wildman–Crippen LogP) is 3.86. The third-order valence-electron chi connectivity index (χ3n) is 4.37. The van der Waals surface area contributed by atoms with Gasteiger partial charge >= 0.3 is 0 Å². The SMILES string of the molecule is C=C1c2ccc3ccccc3c2OC1NS(=O)(=O)c1ccc(C)cc1. The van der Waals surface area contributed by atoms with Gasteiger partial charge in [0, 0.05) is 16.5 Å². The van der Waals surface area contributed by atoms with Crippen molar-refractivity contribution >= 4 is 26.4 Å². The lowest BCUT2D eigenvalue weighted by Gasteiger charge is -2.15. The first-order valence-corrected chi connectivity index (χ1v) is 9.40. The first kappa shape index (κ1) is 15.9. The van der Waals surface area contributed by atoms with E-state index in [1.54, 1.807) is 24.3 Å². The molecule has 0 bridgehead atoms. The highest BCUT2D eigenvalue weighted by Gasteiger charge is 2.32. The molecular weight excluding hydrogens is 334 g/mol. The molecule has 126 valence electrons. The number of hydrogen-bond donors (Lipinski definition) is 1. The van der Waals surface area contributed by atoms with Crippen LogP contribution in [0.25, 0.3) is 16.3 Å². The first-order valence-electron chi connectivity index (χ1n) is 7.92. The van der Waals surface area contributed by atoms with Crippen molar-refractivity contribution in [3.63, 3.8) is 0 Å². The van der Waals surface area contributed by atoms with Crippen LogP contribution in [0.2, 0.25) is 0 Å². The molecule has 1 unspecified atom stereocenters. The zero-order valence-corrected chi connectivity index (χ0v) is 14.5. The molecule has 1 heterocycles. The van der Waals surface area contributed by atoms with Crippen LogP contribution in [0.3, 0.4) is 0 Å². The van der Waals surface area contributed by atoms with Gasteiger partial charge in [-0.2, -0.15) is 4.72 Å². The highest BCUT2D eigenvalue weighted by Crippen LogP contribution is 2.41. The predicted molar refractivity (Wildman–Crippen MR) is 98.9 cm³/mol. The molecule has 1 atom stereocenters.